The third kappa shape index (κ3) is 7.73. The lowest BCUT2D eigenvalue weighted by Crippen LogP contribution is -2.43. The third-order valence-electron chi connectivity index (χ3n) is 10.5. The van der Waals surface area contributed by atoms with Crippen molar-refractivity contribution in [2.45, 2.75) is 65.6 Å². The Balaban J connectivity index is 1.39. The Morgan fingerprint density at radius 2 is 1.57 bits per heavy atom. The lowest BCUT2D eigenvalue weighted by Gasteiger charge is -2.36. The predicted molar refractivity (Wildman–Crippen MR) is 201 cm³/mol. The van der Waals surface area contributed by atoms with Crippen molar-refractivity contribution in [2.75, 3.05) is 40.3 Å². The van der Waals surface area contributed by atoms with Crippen molar-refractivity contribution in [3.8, 4) is 17.0 Å². The zero-order valence-electron chi connectivity index (χ0n) is 30.9. The molecule has 0 N–H and O–H groups in total. The number of carbonyl (C=O) groups is 3. The fraction of sp³-hybridized carbons (Fsp3) is 0.405. The molecule has 4 aromatic rings. The highest BCUT2D eigenvalue weighted by Crippen LogP contribution is 2.35. The van der Waals surface area contributed by atoms with Crippen molar-refractivity contribution in [2.24, 2.45) is 7.05 Å². The van der Waals surface area contributed by atoms with Gasteiger partial charge in [0, 0.05) is 74.9 Å². The molecule has 2 aliphatic heterocycles. The number of likely N-dealkylation sites (N-methyl/N-ethyl adjacent to an activating group) is 1. The Bertz CT molecular complexity index is 1900. The van der Waals surface area contributed by atoms with Crippen LogP contribution >= 0.6 is 0 Å². The molecule has 6 rings (SSSR count). The van der Waals surface area contributed by atoms with Crippen LogP contribution in [-0.4, -0.2) is 88.4 Å². The zero-order chi connectivity index (χ0) is 36.2. The smallest absolute Gasteiger partial charge is 0.410 e. The molecule has 3 amide bonds. The minimum absolute atomic E-state index is 0.00439. The lowest BCUT2D eigenvalue weighted by atomic mass is 9.90. The Hall–Kier alpha value is -4.89. The van der Waals surface area contributed by atoms with Gasteiger partial charge in [0.05, 0.1) is 5.56 Å². The molecule has 9 nitrogen and oxygen atoms in total. The molecule has 3 heterocycles. The zero-order valence-corrected chi connectivity index (χ0v) is 30.9. The molecular weight excluding hydrogens is 638 g/mol. The topological polar surface area (TPSA) is 78.3 Å². The highest BCUT2D eigenvalue weighted by Gasteiger charge is 2.32. The van der Waals surface area contributed by atoms with Crippen LogP contribution in [0.5, 0.6) is 5.75 Å². The minimum atomic E-state index is -0.409. The molecule has 1 atom stereocenters. The number of aromatic nitrogens is 1. The first-order chi connectivity index (χ1) is 24.5. The highest BCUT2D eigenvalue weighted by atomic mass is 16.6. The van der Waals surface area contributed by atoms with Crippen LogP contribution in [0.4, 0.5) is 4.79 Å². The SMILES string of the molecule is CCCCN(CCN(C)C)C(=O)c1cc(-c2cc3c(cc2C(=O)N2Cc4ccccc4C[C@H]2C)CN(C(=O)Oc2ccccc2)CC3)n(C)c1C. The average Bonchev–Trinajstić information content (AvgIpc) is 3.43. The maximum atomic E-state index is 14.8. The summed E-state index contributed by atoms with van der Waals surface area (Å²) in [5.74, 6) is 0.462. The molecular formula is C42H51N5O4. The van der Waals surface area contributed by atoms with Crippen LogP contribution in [0.25, 0.3) is 11.3 Å². The highest BCUT2D eigenvalue weighted by molar-refractivity contribution is 6.03. The minimum Gasteiger partial charge on any atom is -0.410 e. The van der Waals surface area contributed by atoms with E-state index in [2.05, 4.69) is 47.6 Å². The molecule has 0 saturated carbocycles. The number of hydrogen-bond donors (Lipinski definition) is 0. The van der Waals surface area contributed by atoms with E-state index in [-0.39, 0.29) is 17.9 Å². The number of benzene rings is 3. The molecule has 0 bridgehead atoms. The van der Waals surface area contributed by atoms with E-state index in [4.69, 9.17) is 4.74 Å². The van der Waals surface area contributed by atoms with Gasteiger partial charge >= 0.3 is 6.09 Å². The molecule has 0 saturated heterocycles. The number of carbonyl (C=O) groups excluding carboxylic acids is 3. The molecule has 0 radical (unpaired) electrons. The standard InChI is InChI=1S/C42H51N5O4/c1-7-8-19-45(22-21-43(4)5)40(48)36-26-39(44(6)30(36)3)37-24-32-18-20-46(42(50)51-35-16-10-9-11-17-35)27-34(32)25-38(37)41(49)47-28-33-15-13-12-14-31(33)23-29(47)2/h9-17,24-26,29H,7-8,18-23,27-28H2,1-6H3/t29-/m1/s1. The summed E-state index contributed by atoms with van der Waals surface area (Å²) < 4.78 is 7.73. The van der Waals surface area contributed by atoms with Crippen LogP contribution in [0.1, 0.15) is 75.4 Å². The number of ether oxygens (including phenoxy) is 1. The van der Waals surface area contributed by atoms with E-state index in [0.29, 0.717) is 56.0 Å². The second-order valence-corrected chi connectivity index (χ2v) is 14.3. The summed E-state index contributed by atoms with van der Waals surface area (Å²) in [7, 11) is 6.03. The molecule has 0 spiro atoms. The first-order valence-electron chi connectivity index (χ1n) is 18.2. The summed E-state index contributed by atoms with van der Waals surface area (Å²) in [5.41, 5.74) is 8.20. The van der Waals surface area contributed by atoms with Gasteiger partial charge in [0.1, 0.15) is 5.75 Å². The Morgan fingerprint density at radius 3 is 2.29 bits per heavy atom. The van der Waals surface area contributed by atoms with E-state index < -0.39 is 6.09 Å². The number of amides is 3. The van der Waals surface area contributed by atoms with Gasteiger partial charge in [-0.25, -0.2) is 4.79 Å². The van der Waals surface area contributed by atoms with E-state index in [9.17, 15) is 14.4 Å². The summed E-state index contributed by atoms with van der Waals surface area (Å²) >= 11 is 0. The van der Waals surface area contributed by atoms with Crippen molar-refractivity contribution in [1.29, 1.82) is 0 Å². The Morgan fingerprint density at radius 1 is 0.843 bits per heavy atom. The van der Waals surface area contributed by atoms with Crippen LogP contribution in [0.3, 0.4) is 0 Å². The van der Waals surface area contributed by atoms with Gasteiger partial charge in [-0.2, -0.15) is 0 Å². The molecule has 3 aromatic carbocycles. The number of rotatable bonds is 10. The summed E-state index contributed by atoms with van der Waals surface area (Å²) in [6, 6.07) is 23.5. The van der Waals surface area contributed by atoms with Gasteiger partial charge in [-0.05, 0) is 99.8 Å². The quantitative estimate of drug-likeness (QED) is 0.180. The van der Waals surface area contributed by atoms with Gasteiger partial charge in [-0.3, -0.25) is 9.59 Å². The molecule has 2 aliphatic rings. The first-order valence-corrected chi connectivity index (χ1v) is 18.2. The molecule has 0 fully saturated rings. The molecule has 9 heteroatoms. The molecule has 268 valence electrons. The van der Waals surface area contributed by atoms with Crippen molar-refractivity contribution in [3.05, 3.63) is 112 Å². The van der Waals surface area contributed by atoms with E-state index in [1.54, 1.807) is 17.0 Å². The Labute approximate surface area is 302 Å². The van der Waals surface area contributed by atoms with E-state index in [1.165, 1.54) is 5.56 Å². The normalized spacial score (nSPS) is 15.4. The maximum Gasteiger partial charge on any atom is 0.415 e. The number of unbranched alkanes of at least 4 members (excludes halogenated alkanes) is 1. The largest absolute Gasteiger partial charge is 0.415 e. The lowest BCUT2D eigenvalue weighted by molar-refractivity contribution is 0.0658. The van der Waals surface area contributed by atoms with Gasteiger partial charge in [0.2, 0.25) is 0 Å². The van der Waals surface area contributed by atoms with Crippen molar-refractivity contribution in [1.82, 2.24) is 24.2 Å². The van der Waals surface area contributed by atoms with Crippen molar-refractivity contribution in [3.63, 3.8) is 0 Å². The van der Waals surface area contributed by atoms with Gasteiger partial charge in [-0.1, -0.05) is 55.8 Å². The fourth-order valence-electron chi connectivity index (χ4n) is 7.24. The van der Waals surface area contributed by atoms with Gasteiger partial charge in [-0.15, -0.1) is 0 Å². The first kappa shape index (κ1) is 35.9. The molecule has 1 aromatic heterocycles. The second-order valence-electron chi connectivity index (χ2n) is 14.3. The monoisotopic (exact) mass is 689 g/mol. The third-order valence-corrected chi connectivity index (χ3v) is 10.5. The second kappa shape index (κ2) is 15.6. The van der Waals surface area contributed by atoms with Crippen LogP contribution in [-0.2, 0) is 33.0 Å². The summed E-state index contributed by atoms with van der Waals surface area (Å²) in [4.78, 5) is 49.9. The van der Waals surface area contributed by atoms with Crippen LogP contribution in [0.2, 0.25) is 0 Å². The number of hydrogen-bond acceptors (Lipinski definition) is 5. The summed E-state index contributed by atoms with van der Waals surface area (Å²) in [6.45, 7) is 9.73. The van der Waals surface area contributed by atoms with E-state index in [0.717, 1.165) is 59.4 Å². The van der Waals surface area contributed by atoms with Crippen LogP contribution in [0.15, 0.2) is 72.8 Å². The summed E-state index contributed by atoms with van der Waals surface area (Å²) in [6.07, 6.45) is 2.94. The fourth-order valence-corrected chi connectivity index (χ4v) is 7.24. The predicted octanol–water partition coefficient (Wildman–Crippen LogP) is 6.95. The Kier molecular flexibility index (Phi) is 11.0. The average molecular weight is 690 g/mol. The van der Waals surface area contributed by atoms with Gasteiger partial charge < -0.3 is 28.9 Å². The van der Waals surface area contributed by atoms with Crippen molar-refractivity contribution >= 4 is 17.9 Å². The summed E-state index contributed by atoms with van der Waals surface area (Å²) in [5, 5.41) is 0. The number of para-hydroxylation sites is 1. The molecule has 0 aliphatic carbocycles. The van der Waals surface area contributed by atoms with E-state index in [1.807, 2.05) is 74.3 Å². The van der Waals surface area contributed by atoms with Crippen LogP contribution in [0, 0.1) is 6.92 Å². The van der Waals surface area contributed by atoms with Gasteiger partial charge in [0.15, 0.2) is 0 Å². The molecule has 0 unspecified atom stereocenters. The number of nitrogens with zero attached hydrogens (tertiary/aromatic N) is 5. The number of fused-ring (bicyclic) bond motifs is 2. The van der Waals surface area contributed by atoms with E-state index >= 15 is 0 Å². The van der Waals surface area contributed by atoms with Crippen molar-refractivity contribution < 1.29 is 19.1 Å². The maximum absolute atomic E-state index is 14.8. The van der Waals surface area contributed by atoms with Crippen LogP contribution < -0.4 is 4.74 Å². The van der Waals surface area contributed by atoms with Gasteiger partial charge in [0.25, 0.3) is 11.8 Å². The molecule has 51 heavy (non-hydrogen) atoms.